The number of benzene rings is 1. The van der Waals surface area contributed by atoms with Gasteiger partial charge in [-0.05, 0) is 18.6 Å². The molecule has 1 aromatic rings. The second-order valence-corrected chi connectivity index (χ2v) is 4.32. The lowest BCUT2D eigenvalue weighted by atomic mass is 10.1. The molecule has 0 spiro atoms. The molecule has 0 radical (unpaired) electrons. The van der Waals surface area contributed by atoms with Gasteiger partial charge in [0, 0.05) is 0 Å². The molecule has 0 bridgehead atoms. The summed E-state index contributed by atoms with van der Waals surface area (Å²) < 4.78 is 38.2. The monoisotopic (exact) mass is 304 g/mol. The third-order valence-electron chi connectivity index (χ3n) is 2.66. The van der Waals surface area contributed by atoms with Crippen molar-refractivity contribution in [3.8, 4) is 0 Å². The third-order valence-corrected chi connectivity index (χ3v) is 2.66. The van der Waals surface area contributed by atoms with Crippen LogP contribution in [0.2, 0.25) is 0 Å². The molecule has 116 valence electrons. The van der Waals surface area contributed by atoms with Crippen molar-refractivity contribution >= 4 is 17.7 Å². The number of nitrogens with one attached hydrogen (secondary N) is 2. The Morgan fingerprint density at radius 3 is 2.43 bits per heavy atom. The Kier molecular flexibility index (Phi) is 5.57. The SMILES string of the molecule is CCC[C@@H](NC(=O)Nc1ccccc1C(F)(F)F)C(=O)O. The first kappa shape index (κ1) is 16.8. The summed E-state index contributed by atoms with van der Waals surface area (Å²) in [6.07, 6.45) is -3.92. The zero-order chi connectivity index (χ0) is 16.0. The summed E-state index contributed by atoms with van der Waals surface area (Å²) in [5.74, 6) is -1.24. The van der Waals surface area contributed by atoms with Crippen LogP contribution in [0.15, 0.2) is 24.3 Å². The van der Waals surface area contributed by atoms with Crippen LogP contribution < -0.4 is 10.6 Å². The summed E-state index contributed by atoms with van der Waals surface area (Å²) in [5, 5.41) is 13.0. The smallest absolute Gasteiger partial charge is 0.418 e. The Morgan fingerprint density at radius 1 is 1.29 bits per heavy atom. The fraction of sp³-hybridized carbons (Fsp3) is 0.385. The van der Waals surface area contributed by atoms with Gasteiger partial charge in [0.05, 0.1) is 11.3 Å². The fourth-order valence-corrected chi connectivity index (χ4v) is 1.70. The van der Waals surface area contributed by atoms with E-state index in [1.165, 1.54) is 12.1 Å². The Hall–Kier alpha value is -2.25. The lowest BCUT2D eigenvalue weighted by Crippen LogP contribution is -2.43. The van der Waals surface area contributed by atoms with Crippen LogP contribution in [0.1, 0.15) is 25.3 Å². The average molecular weight is 304 g/mol. The molecule has 3 N–H and O–H groups in total. The highest BCUT2D eigenvalue weighted by Crippen LogP contribution is 2.34. The van der Waals surface area contributed by atoms with E-state index in [4.69, 9.17) is 5.11 Å². The van der Waals surface area contributed by atoms with Crippen LogP contribution in [0.5, 0.6) is 0 Å². The van der Waals surface area contributed by atoms with Crippen molar-refractivity contribution in [3.05, 3.63) is 29.8 Å². The number of hydrogen-bond acceptors (Lipinski definition) is 2. The number of halogens is 3. The van der Waals surface area contributed by atoms with Crippen LogP contribution in [0, 0.1) is 0 Å². The largest absolute Gasteiger partial charge is 0.480 e. The number of aliphatic carboxylic acids is 1. The van der Waals surface area contributed by atoms with Gasteiger partial charge in [-0.25, -0.2) is 9.59 Å². The molecule has 1 aromatic carbocycles. The normalized spacial score (nSPS) is 12.6. The highest BCUT2D eigenvalue weighted by molar-refractivity contribution is 5.92. The Bertz CT molecular complexity index is 518. The zero-order valence-electron chi connectivity index (χ0n) is 11.2. The number of hydrogen-bond donors (Lipinski definition) is 3. The number of rotatable bonds is 5. The maximum absolute atomic E-state index is 12.7. The van der Waals surface area contributed by atoms with Gasteiger partial charge in [-0.3, -0.25) is 0 Å². The summed E-state index contributed by atoms with van der Waals surface area (Å²) in [6, 6.07) is 2.32. The minimum Gasteiger partial charge on any atom is -0.480 e. The molecule has 0 aromatic heterocycles. The summed E-state index contributed by atoms with van der Waals surface area (Å²) in [5.41, 5.74) is -1.43. The number of carboxylic acid groups (broad SMARTS) is 1. The highest BCUT2D eigenvalue weighted by atomic mass is 19.4. The molecule has 1 rings (SSSR count). The summed E-state index contributed by atoms with van der Waals surface area (Å²) in [6.45, 7) is 1.73. The van der Waals surface area contributed by atoms with Crippen LogP contribution in [-0.4, -0.2) is 23.1 Å². The standard InChI is InChI=1S/C13H15F3N2O3/c1-2-5-10(11(19)20)18-12(21)17-9-7-4-3-6-8(9)13(14,15)16/h3-4,6-7,10H,2,5H2,1H3,(H,19,20)(H2,17,18,21)/t10-/m1/s1. The number of carbonyl (C=O) groups is 2. The quantitative estimate of drug-likeness (QED) is 0.782. The highest BCUT2D eigenvalue weighted by Gasteiger charge is 2.33. The molecule has 1 atom stereocenters. The molecule has 0 saturated heterocycles. The number of alkyl halides is 3. The zero-order valence-corrected chi connectivity index (χ0v) is 11.2. The molecule has 8 heteroatoms. The molecule has 0 aliphatic rings. The van der Waals surface area contributed by atoms with Crippen LogP contribution in [0.4, 0.5) is 23.7 Å². The van der Waals surface area contributed by atoms with E-state index in [0.717, 1.165) is 12.1 Å². The van der Waals surface area contributed by atoms with Crippen molar-refractivity contribution in [1.29, 1.82) is 0 Å². The van der Waals surface area contributed by atoms with Crippen molar-refractivity contribution in [2.24, 2.45) is 0 Å². The number of amides is 2. The topological polar surface area (TPSA) is 78.4 Å². The molecule has 0 heterocycles. The van der Waals surface area contributed by atoms with E-state index in [1.54, 1.807) is 6.92 Å². The third kappa shape index (κ3) is 4.97. The van der Waals surface area contributed by atoms with Crippen molar-refractivity contribution in [2.45, 2.75) is 32.0 Å². The van der Waals surface area contributed by atoms with Gasteiger partial charge in [-0.2, -0.15) is 13.2 Å². The summed E-state index contributed by atoms with van der Waals surface area (Å²) in [4.78, 5) is 22.5. The maximum atomic E-state index is 12.7. The Labute approximate surface area is 119 Å². The van der Waals surface area contributed by atoms with Crippen LogP contribution in [-0.2, 0) is 11.0 Å². The predicted octanol–water partition coefficient (Wildman–Crippen LogP) is 3.08. The summed E-state index contributed by atoms with van der Waals surface area (Å²) in [7, 11) is 0. The molecule has 5 nitrogen and oxygen atoms in total. The number of urea groups is 1. The number of carbonyl (C=O) groups excluding carboxylic acids is 1. The maximum Gasteiger partial charge on any atom is 0.418 e. The van der Waals surface area contributed by atoms with Gasteiger partial charge in [-0.15, -0.1) is 0 Å². The Morgan fingerprint density at radius 2 is 1.90 bits per heavy atom. The van der Waals surface area contributed by atoms with E-state index in [9.17, 15) is 22.8 Å². The fourth-order valence-electron chi connectivity index (χ4n) is 1.70. The first-order valence-corrected chi connectivity index (χ1v) is 6.22. The minimum absolute atomic E-state index is 0.184. The van der Waals surface area contributed by atoms with Gasteiger partial charge in [-0.1, -0.05) is 25.5 Å². The van der Waals surface area contributed by atoms with E-state index in [2.05, 4.69) is 5.32 Å². The predicted molar refractivity (Wildman–Crippen MR) is 69.9 cm³/mol. The van der Waals surface area contributed by atoms with E-state index < -0.39 is 35.5 Å². The molecule has 2 amide bonds. The van der Waals surface area contributed by atoms with E-state index in [0.29, 0.717) is 6.42 Å². The van der Waals surface area contributed by atoms with Crippen molar-refractivity contribution < 1.29 is 27.9 Å². The lowest BCUT2D eigenvalue weighted by Gasteiger charge is -2.16. The molecule has 21 heavy (non-hydrogen) atoms. The van der Waals surface area contributed by atoms with E-state index in [-0.39, 0.29) is 6.42 Å². The average Bonchev–Trinajstić information content (AvgIpc) is 2.37. The molecular weight excluding hydrogens is 289 g/mol. The Balaban J connectivity index is 2.82. The van der Waals surface area contributed by atoms with E-state index >= 15 is 0 Å². The molecule has 0 aliphatic carbocycles. The molecule has 0 fully saturated rings. The van der Waals surface area contributed by atoms with Gasteiger partial charge in [0.15, 0.2) is 0 Å². The first-order chi connectivity index (χ1) is 9.75. The van der Waals surface area contributed by atoms with Gasteiger partial charge in [0.2, 0.25) is 0 Å². The van der Waals surface area contributed by atoms with Gasteiger partial charge < -0.3 is 15.7 Å². The number of para-hydroxylation sites is 1. The molecule has 0 saturated carbocycles. The molecule has 0 unspecified atom stereocenters. The number of anilines is 1. The number of carboxylic acids is 1. The first-order valence-electron chi connectivity index (χ1n) is 6.22. The minimum atomic E-state index is -4.61. The van der Waals surface area contributed by atoms with Crippen LogP contribution >= 0.6 is 0 Å². The molecule has 0 aliphatic heterocycles. The second kappa shape index (κ2) is 6.96. The van der Waals surface area contributed by atoms with Crippen molar-refractivity contribution in [2.75, 3.05) is 5.32 Å². The van der Waals surface area contributed by atoms with Gasteiger partial charge in [0.25, 0.3) is 0 Å². The van der Waals surface area contributed by atoms with Crippen LogP contribution in [0.25, 0.3) is 0 Å². The van der Waals surface area contributed by atoms with Crippen molar-refractivity contribution in [1.82, 2.24) is 5.32 Å². The van der Waals surface area contributed by atoms with Gasteiger partial charge in [0.1, 0.15) is 6.04 Å². The summed E-state index contributed by atoms with van der Waals surface area (Å²) >= 11 is 0. The second-order valence-electron chi connectivity index (χ2n) is 4.32. The molecular formula is C13H15F3N2O3. The van der Waals surface area contributed by atoms with Crippen LogP contribution in [0.3, 0.4) is 0 Å². The van der Waals surface area contributed by atoms with Gasteiger partial charge >= 0.3 is 18.2 Å². The lowest BCUT2D eigenvalue weighted by molar-refractivity contribution is -0.139. The van der Waals surface area contributed by atoms with E-state index in [1.807, 2.05) is 5.32 Å². The van der Waals surface area contributed by atoms with Crippen molar-refractivity contribution in [3.63, 3.8) is 0 Å².